The molecule has 0 aromatic heterocycles. The molecule has 0 N–H and O–H groups in total. The monoisotopic (exact) mass is 332 g/mol. The van der Waals surface area contributed by atoms with Crippen LogP contribution in [0.2, 0.25) is 0 Å². The van der Waals surface area contributed by atoms with E-state index in [1.54, 1.807) is 36.4 Å². The van der Waals surface area contributed by atoms with Gasteiger partial charge in [-0.05, 0) is 31.2 Å². The maximum Gasteiger partial charge on any atom is 0.297 e. The Hall–Kier alpha value is -2.18. The molecule has 1 aliphatic rings. The van der Waals surface area contributed by atoms with Crippen LogP contribution in [0.5, 0.6) is 5.75 Å². The molecule has 6 heteroatoms. The molecule has 2 aromatic carbocycles. The third-order valence-electron chi connectivity index (χ3n) is 3.61. The molecule has 120 valence electrons. The summed E-state index contributed by atoms with van der Waals surface area (Å²) in [6.07, 6.45) is -0.516. The van der Waals surface area contributed by atoms with E-state index in [0.29, 0.717) is 11.3 Å². The van der Waals surface area contributed by atoms with Crippen molar-refractivity contribution >= 4 is 15.9 Å². The van der Waals surface area contributed by atoms with Gasteiger partial charge in [-0.1, -0.05) is 29.8 Å². The van der Waals surface area contributed by atoms with Gasteiger partial charge in [0.2, 0.25) is 0 Å². The smallest absolute Gasteiger partial charge is 0.297 e. The number of para-hydroxylation sites is 1. The van der Waals surface area contributed by atoms with Crippen molar-refractivity contribution in [2.45, 2.75) is 24.3 Å². The number of ketones is 1. The lowest BCUT2D eigenvalue weighted by Crippen LogP contribution is -2.32. The number of hydrogen-bond donors (Lipinski definition) is 0. The first kappa shape index (κ1) is 15.7. The summed E-state index contributed by atoms with van der Waals surface area (Å²) in [6, 6.07) is 13.3. The fourth-order valence-electron chi connectivity index (χ4n) is 2.37. The highest BCUT2D eigenvalue weighted by Crippen LogP contribution is 2.27. The number of carbonyl (C=O) groups excluding carboxylic acids is 1. The van der Waals surface area contributed by atoms with E-state index in [4.69, 9.17) is 8.92 Å². The highest BCUT2D eigenvalue weighted by Gasteiger charge is 2.28. The van der Waals surface area contributed by atoms with Crippen LogP contribution in [-0.2, 0) is 14.3 Å². The van der Waals surface area contributed by atoms with Crippen LogP contribution in [0.15, 0.2) is 53.4 Å². The molecule has 0 spiro atoms. The van der Waals surface area contributed by atoms with Gasteiger partial charge in [0, 0.05) is 0 Å². The number of carbonyl (C=O) groups is 1. The zero-order valence-corrected chi connectivity index (χ0v) is 13.4. The molecule has 0 saturated heterocycles. The van der Waals surface area contributed by atoms with Crippen molar-refractivity contribution in [2.75, 3.05) is 6.61 Å². The second-order valence-electron chi connectivity index (χ2n) is 5.42. The Morgan fingerprint density at radius 1 is 1.13 bits per heavy atom. The van der Waals surface area contributed by atoms with Gasteiger partial charge < -0.3 is 4.74 Å². The molecule has 0 radical (unpaired) electrons. The third-order valence-corrected chi connectivity index (χ3v) is 4.91. The molecule has 0 bridgehead atoms. The largest absolute Gasteiger partial charge is 0.487 e. The fourth-order valence-corrected chi connectivity index (χ4v) is 3.31. The van der Waals surface area contributed by atoms with Gasteiger partial charge in [0.15, 0.2) is 5.78 Å². The Bertz CT molecular complexity index is 824. The lowest BCUT2D eigenvalue weighted by atomic mass is 10.0. The van der Waals surface area contributed by atoms with Gasteiger partial charge in [-0.2, -0.15) is 8.42 Å². The Balaban J connectivity index is 1.69. The normalized spacial score (nSPS) is 17.4. The molecule has 1 unspecified atom stereocenters. The van der Waals surface area contributed by atoms with Crippen LogP contribution < -0.4 is 4.74 Å². The standard InChI is InChI=1S/C17H16O5S/c1-12-6-8-14(9-7-12)23(19,20)21-11-13-10-16(18)15-4-2-3-5-17(15)22-13/h2-9,13H,10-11H2,1H3. The summed E-state index contributed by atoms with van der Waals surface area (Å²) in [5.74, 6) is 0.387. The van der Waals surface area contributed by atoms with Crippen molar-refractivity contribution in [1.29, 1.82) is 0 Å². The molecule has 1 aliphatic heterocycles. The molecule has 3 rings (SSSR count). The van der Waals surface area contributed by atoms with E-state index < -0.39 is 16.2 Å². The van der Waals surface area contributed by atoms with Crippen molar-refractivity contribution in [3.63, 3.8) is 0 Å². The van der Waals surface area contributed by atoms with E-state index in [-0.39, 0.29) is 23.7 Å². The van der Waals surface area contributed by atoms with Gasteiger partial charge in [-0.15, -0.1) is 0 Å². The van der Waals surface area contributed by atoms with E-state index in [2.05, 4.69) is 0 Å². The number of hydrogen-bond acceptors (Lipinski definition) is 5. The Kier molecular flexibility index (Phi) is 4.19. The maximum absolute atomic E-state index is 12.2. The van der Waals surface area contributed by atoms with Gasteiger partial charge >= 0.3 is 0 Å². The van der Waals surface area contributed by atoms with Crippen LogP contribution in [0.25, 0.3) is 0 Å². The van der Waals surface area contributed by atoms with Gasteiger partial charge in [0.25, 0.3) is 10.1 Å². The Morgan fingerprint density at radius 3 is 2.57 bits per heavy atom. The molecule has 0 aliphatic carbocycles. The van der Waals surface area contributed by atoms with E-state index >= 15 is 0 Å². The number of fused-ring (bicyclic) bond motifs is 1. The average molecular weight is 332 g/mol. The van der Waals surface area contributed by atoms with Crippen LogP contribution in [0.3, 0.4) is 0 Å². The van der Waals surface area contributed by atoms with E-state index in [0.717, 1.165) is 5.56 Å². The van der Waals surface area contributed by atoms with E-state index in [9.17, 15) is 13.2 Å². The van der Waals surface area contributed by atoms with Crippen LogP contribution >= 0.6 is 0 Å². The molecule has 0 amide bonds. The van der Waals surface area contributed by atoms with Crippen molar-refractivity contribution < 1.29 is 22.1 Å². The predicted molar refractivity (Wildman–Crippen MR) is 84.1 cm³/mol. The summed E-state index contributed by atoms with van der Waals surface area (Å²) in [6.45, 7) is 1.67. The summed E-state index contributed by atoms with van der Waals surface area (Å²) in [5, 5.41) is 0. The molecule has 0 saturated carbocycles. The average Bonchev–Trinajstić information content (AvgIpc) is 2.54. The first-order valence-corrected chi connectivity index (χ1v) is 8.61. The van der Waals surface area contributed by atoms with Crippen molar-refractivity contribution in [3.8, 4) is 5.75 Å². The maximum atomic E-state index is 12.2. The lowest BCUT2D eigenvalue weighted by Gasteiger charge is -2.24. The topological polar surface area (TPSA) is 69.7 Å². The second-order valence-corrected chi connectivity index (χ2v) is 7.03. The highest BCUT2D eigenvalue weighted by atomic mass is 32.2. The molecule has 1 heterocycles. The summed E-state index contributed by atoms with van der Waals surface area (Å²) in [4.78, 5) is 12.1. The zero-order valence-electron chi connectivity index (χ0n) is 12.6. The molecule has 0 fully saturated rings. The second kappa shape index (κ2) is 6.14. The molecule has 23 heavy (non-hydrogen) atoms. The van der Waals surface area contributed by atoms with Crippen molar-refractivity contribution in [1.82, 2.24) is 0 Å². The molecule has 2 aromatic rings. The van der Waals surface area contributed by atoms with E-state index in [1.807, 2.05) is 6.92 Å². The van der Waals surface area contributed by atoms with Crippen LogP contribution in [-0.4, -0.2) is 26.9 Å². The summed E-state index contributed by atoms with van der Waals surface area (Å²) in [7, 11) is -3.86. The summed E-state index contributed by atoms with van der Waals surface area (Å²) < 4.78 is 35.0. The number of rotatable bonds is 4. The minimum Gasteiger partial charge on any atom is -0.487 e. The predicted octanol–water partition coefficient (Wildman–Crippen LogP) is 2.73. The first-order valence-electron chi connectivity index (χ1n) is 7.21. The van der Waals surface area contributed by atoms with Crippen LogP contribution in [0, 0.1) is 6.92 Å². The number of aryl methyl sites for hydroxylation is 1. The number of benzene rings is 2. The first-order chi connectivity index (χ1) is 11.0. The van der Waals surface area contributed by atoms with Gasteiger partial charge in [0.1, 0.15) is 18.5 Å². The minimum absolute atomic E-state index is 0.0758. The van der Waals surface area contributed by atoms with E-state index in [1.165, 1.54) is 12.1 Å². The molecular weight excluding hydrogens is 316 g/mol. The van der Waals surface area contributed by atoms with Crippen LogP contribution in [0.1, 0.15) is 22.3 Å². The Morgan fingerprint density at radius 2 is 1.83 bits per heavy atom. The van der Waals surface area contributed by atoms with Crippen molar-refractivity contribution in [3.05, 3.63) is 59.7 Å². The SMILES string of the molecule is Cc1ccc(S(=O)(=O)OCC2CC(=O)c3ccccc3O2)cc1. The van der Waals surface area contributed by atoms with Crippen molar-refractivity contribution in [2.24, 2.45) is 0 Å². The summed E-state index contributed by atoms with van der Waals surface area (Å²) in [5.41, 5.74) is 1.48. The molecule has 5 nitrogen and oxygen atoms in total. The molecular formula is C17H16O5S. The zero-order chi connectivity index (χ0) is 16.4. The van der Waals surface area contributed by atoms with Crippen LogP contribution in [0.4, 0.5) is 0 Å². The molecule has 1 atom stereocenters. The third kappa shape index (κ3) is 3.43. The van der Waals surface area contributed by atoms with Gasteiger partial charge in [0.05, 0.1) is 16.9 Å². The quantitative estimate of drug-likeness (QED) is 0.805. The number of ether oxygens (including phenoxy) is 1. The van der Waals surface area contributed by atoms with Gasteiger partial charge in [-0.25, -0.2) is 0 Å². The van der Waals surface area contributed by atoms with Gasteiger partial charge in [-0.3, -0.25) is 8.98 Å². The Labute approximate surface area is 135 Å². The minimum atomic E-state index is -3.86. The fraction of sp³-hybridized carbons (Fsp3) is 0.235. The number of Topliss-reactive ketones (excluding diaryl/α,β-unsaturated/α-hetero) is 1. The highest BCUT2D eigenvalue weighted by molar-refractivity contribution is 7.86. The lowest BCUT2D eigenvalue weighted by molar-refractivity contribution is 0.0750. The summed E-state index contributed by atoms with van der Waals surface area (Å²) >= 11 is 0.